The Bertz CT molecular complexity index is 905. The smallest absolute Gasteiger partial charge is 0.325 e. The predicted molar refractivity (Wildman–Crippen MR) is 107 cm³/mol. The van der Waals surface area contributed by atoms with Gasteiger partial charge >= 0.3 is 6.03 Å². The molecule has 0 atom stereocenters. The van der Waals surface area contributed by atoms with E-state index in [2.05, 4.69) is 10.6 Å². The van der Waals surface area contributed by atoms with Gasteiger partial charge in [-0.25, -0.2) is 4.79 Å². The Hall–Kier alpha value is -3.35. The van der Waals surface area contributed by atoms with Crippen LogP contribution in [0.5, 0.6) is 5.75 Å². The van der Waals surface area contributed by atoms with E-state index in [1.807, 2.05) is 30.3 Å². The zero-order valence-electron chi connectivity index (χ0n) is 16.0. The SMILES string of the molecule is O=C(CN1C(=O)NC2(CCCC2)C1=O)Nc1ccc(OCc2ccccc2)cc1. The number of rotatable bonds is 6. The van der Waals surface area contributed by atoms with Crippen LogP contribution in [-0.4, -0.2) is 34.8 Å². The van der Waals surface area contributed by atoms with Crippen LogP contribution in [0.25, 0.3) is 0 Å². The van der Waals surface area contributed by atoms with Gasteiger partial charge in [0.15, 0.2) is 0 Å². The molecule has 2 fully saturated rings. The van der Waals surface area contributed by atoms with Gasteiger partial charge in [0.05, 0.1) is 0 Å². The minimum absolute atomic E-state index is 0.292. The van der Waals surface area contributed by atoms with Crippen molar-refractivity contribution in [2.75, 3.05) is 11.9 Å². The molecule has 2 aromatic rings. The van der Waals surface area contributed by atoms with Crippen molar-refractivity contribution in [3.63, 3.8) is 0 Å². The first-order chi connectivity index (χ1) is 14.1. The molecule has 4 amide bonds. The molecular weight excluding hydrogens is 370 g/mol. The Morgan fingerprint density at radius 2 is 1.72 bits per heavy atom. The molecule has 1 aliphatic heterocycles. The Kier molecular flexibility index (Phi) is 5.20. The molecule has 0 aromatic heterocycles. The van der Waals surface area contributed by atoms with Crippen molar-refractivity contribution in [3.8, 4) is 5.75 Å². The molecule has 0 radical (unpaired) electrons. The van der Waals surface area contributed by atoms with Crippen molar-refractivity contribution in [2.24, 2.45) is 0 Å². The number of carbonyl (C=O) groups excluding carboxylic acids is 3. The maximum atomic E-state index is 12.6. The zero-order valence-corrected chi connectivity index (χ0v) is 16.0. The standard InChI is InChI=1S/C22H23N3O4/c26-19(14-25-20(27)22(24-21(25)28)12-4-5-13-22)23-17-8-10-18(11-9-17)29-15-16-6-2-1-3-7-16/h1-3,6-11H,4-5,12-15H2,(H,23,26)(H,24,28). The fraction of sp³-hybridized carbons (Fsp3) is 0.318. The molecule has 2 N–H and O–H groups in total. The van der Waals surface area contributed by atoms with Gasteiger partial charge in [-0.15, -0.1) is 0 Å². The summed E-state index contributed by atoms with van der Waals surface area (Å²) in [5.74, 6) is -0.0227. The Morgan fingerprint density at radius 1 is 1.03 bits per heavy atom. The summed E-state index contributed by atoms with van der Waals surface area (Å²) >= 11 is 0. The van der Waals surface area contributed by atoms with Crippen molar-refractivity contribution in [3.05, 3.63) is 60.2 Å². The molecule has 2 aromatic carbocycles. The molecule has 150 valence electrons. The summed E-state index contributed by atoms with van der Waals surface area (Å²) in [7, 11) is 0. The van der Waals surface area contributed by atoms with E-state index in [0.29, 0.717) is 30.9 Å². The van der Waals surface area contributed by atoms with Crippen LogP contribution in [-0.2, 0) is 16.2 Å². The summed E-state index contributed by atoms with van der Waals surface area (Å²) in [5.41, 5.74) is 0.845. The Balaban J connectivity index is 1.30. The summed E-state index contributed by atoms with van der Waals surface area (Å²) in [6, 6.07) is 16.3. The van der Waals surface area contributed by atoms with Crippen molar-refractivity contribution in [1.82, 2.24) is 10.2 Å². The zero-order chi connectivity index (χ0) is 20.3. The molecule has 1 aliphatic carbocycles. The maximum Gasteiger partial charge on any atom is 0.325 e. The first-order valence-corrected chi connectivity index (χ1v) is 9.76. The molecule has 7 heteroatoms. The number of amides is 4. The average Bonchev–Trinajstić information content (AvgIpc) is 3.29. The third-order valence-corrected chi connectivity index (χ3v) is 5.39. The van der Waals surface area contributed by atoms with Gasteiger partial charge in [-0.1, -0.05) is 43.2 Å². The van der Waals surface area contributed by atoms with E-state index in [0.717, 1.165) is 23.3 Å². The van der Waals surface area contributed by atoms with Crippen LogP contribution in [0.3, 0.4) is 0 Å². The lowest BCUT2D eigenvalue weighted by Crippen LogP contribution is -2.44. The molecule has 1 saturated carbocycles. The van der Waals surface area contributed by atoms with Gasteiger partial charge in [0.1, 0.15) is 24.4 Å². The maximum absolute atomic E-state index is 12.6. The van der Waals surface area contributed by atoms with Gasteiger partial charge in [0.2, 0.25) is 5.91 Å². The number of hydrogen-bond acceptors (Lipinski definition) is 4. The van der Waals surface area contributed by atoms with Crippen LogP contribution in [0.2, 0.25) is 0 Å². The van der Waals surface area contributed by atoms with Gasteiger partial charge in [-0.05, 0) is 42.7 Å². The summed E-state index contributed by atoms with van der Waals surface area (Å²) < 4.78 is 5.72. The topological polar surface area (TPSA) is 87.7 Å². The monoisotopic (exact) mass is 393 g/mol. The Morgan fingerprint density at radius 3 is 2.41 bits per heavy atom. The molecule has 7 nitrogen and oxygen atoms in total. The van der Waals surface area contributed by atoms with Gasteiger partial charge < -0.3 is 15.4 Å². The molecule has 4 rings (SSSR count). The molecule has 2 aliphatic rings. The molecule has 0 unspecified atom stereocenters. The number of benzene rings is 2. The Labute approximate surface area is 169 Å². The third kappa shape index (κ3) is 4.08. The van der Waals surface area contributed by atoms with E-state index in [4.69, 9.17) is 4.74 Å². The second-order valence-electron chi connectivity index (χ2n) is 7.46. The summed E-state index contributed by atoms with van der Waals surface area (Å²) in [6.07, 6.45) is 3.09. The first kappa shape index (κ1) is 19.0. The molecule has 1 heterocycles. The number of anilines is 1. The van der Waals surface area contributed by atoms with E-state index >= 15 is 0 Å². The normalized spacial score (nSPS) is 17.4. The number of ether oxygens (including phenoxy) is 1. The molecule has 0 bridgehead atoms. The molecule has 1 spiro atoms. The average molecular weight is 393 g/mol. The highest BCUT2D eigenvalue weighted by Crippen LogP contribution is 2.34. The van der Waals surface area contributed by atoms with Crippen LogP contribution >= 0.6 is 0 Å². The van der Waals surface area contributed by atoms with Gasteiger partial charge in [-0.3, -0.25) is 14.5 Å². The minimum Gasteiger partial charge on any atom is -0.489 e. The van der Waals surface area contributed by atoms with Crippen LogP contribution in [0.1, 0.15) is 31.2 Å². The molecular formula is C22H23N3O4. The quantitative estimate of drug-likeness (QED) is 0.739. The minimum atomic E-state index is -0.797. The molecule has 29 heavy (non-hydrogen) atoms. The summed E-state index contributed by atoms with van der Waals surface area (Å²) in [5, 5.41) is 5.50. The second-order valence-corrected chi connectivity index (χ2v) is 7.46. The lowest BCUT2D eigenvalue weighted by Gasteiger charge is -2.19. The number of nitrogens with one attached hydrogen (secondary N) is 2. The van der Waals surface area contributed by atoms with Crippen molar-refractivity contribution in [2.45, 2.75) is 37.8 Å². The predicted octanol–water partition coefficient (Wildman–Crippen LogP) is 3.07. The highest BCUT2D eigenvalue weighted by atomic mass is 16.5. The number of urea groups is 1. The number of nitrogens with zero attached hydrogens (tertiary/aromatic N) is 1. The van der Waals surface area contributed by atoms with Crippen LogP contribution < -0.4 is 15.4 Å². The van der Waals surface area contributed by atoms with Crippen molar-refractivity contribution >= 4 is 23.5 Å². The summed E-state index contributed by atoms with van der Waals surface area (Å²) in [6.45, 7) is 0.166. The van der Waals surface area contributed by atoms with E-state index < -0.39 is 17.5 Å². The number of hydrogen-bond donors (Lipinski definition) is 2. The van der Waals surface area contributed by atoms with Crippen LogP contribution in [0.15, 0.2) is 54.6 Å². The lowest BCUT2D eigenvalue weighted by molar-refractivity contribution is -0.133. The third-order valence-electron chi connectivity index (χ3n) is 5.39. The van der Waals surface area contributed by atoms with Gasteiger partial charge in [0.25, 0.3) is 5.91 Å². The van der Waals surface area contributed by atoms with Crippen LogP contribution in [0.4, 0.5) is 10.5 Å². The number of carbonyl (C=O) groups is 3. The highest BCUT2D eigenvalue weighted by molar-refractivity contribution is 6.10. The van der Waals surface area contributed by atoms with Crippen molar-refractivity contribution < 1.29 is 19.1 Å². The first-order valence-electron chi connectivity index (χ1n) is 9.76. The van der Waals surface area contributed by atoms with E-state index in [-0.39, 0.29) is 12.5 Å². The second kappa shape index (κ2) is 7.95. The van der Waals surface area contributed by atoms with E-state index in [9.17, 15) is 14.4 Å². The van der Waals surface area contributed by atoms with Gasteiger partial charge in [0, 0.05) is 5.69 Å². The fourth-order valence-corrected chi connectivity index (χ4v) is 3.86. The van der Waals surface area contributed by atoms with E-state index in [1.54, 1.807) is 24.3 Å². The van der Waals surface area contributed by atoms with E-state index in [1.165, 1.54) is 0 Å². The highest BCUT2D eigenvalue weighted by Gasteiger charge is 2.52. The fourth-order valence-electron chi connectivity index (χ4n) is 3.86. The summed E-state index contributed by atoms with van der Waals surface area (Å²) in [4.78, 5) is 38.1. The number of imide groups is 1. The lowest BCUT2D eigenvalue weighted by atomic mass is 9.98. The van der Waals surface area contributed by atoms with Crippen LogP contribution in [0, 0.1) is 0 Å². The van der Waals surface area contributed by atoms with Gasteiger partial charge in [-0.2, -0.15) is 0 Å². The van der Waals surface area contributed by atoms with Crippen molar-refractivity contribution in [1.29, 1.82) is 0 Å². The molecule has 1 saturated heterocycles. The largest absolute Gasteiger partial charge is 0.489 e.